The first kappa shape index (κ1) is 15.9. The molecule has 6 nitrogen and oxygen atoms in total. The molecule has 0 radical (unpaired) electrons. The number of piperidine rings is 1. The summed E-state index contributed by atoms with van der Waals surface area (Å²) in [7, 11) is 1.86. The molecule has 2 heterocycles. The van der Waals surface area contributed by atoms with Gasteiger partial charge in [-0.15, -0.1) is 0 Å². The van der Waals surface area contributed by atoms with Crippen molar-refractivity contribution in [3.63, 3.8) is 0 Å². The number of likely N-dealkylation sites (tertiary alicyclic amines) is 1. The van der Waals surface area contributed by atoms with E-state index in [1.165, 1.54) is 32.4 Å². The van der Waals surface area contributed by atoms with Crippen molar-refractivity contribution in [3.05, 3.63) is 23.8 Å². The van der Waals surface area contributed by atoms with E-state index >= 15 is 0 Å². The highest BCUT2D eigenvalue weighted by Gasteiger charge is 2.13. The Bertz CT molecular complexity index is 649. The van der Waals surface area contributed by atoms with Gasteiger partial charge in [-0.1, -0.05) is 12.5 Å². The Morgan fingerprint density at radius 2 is 2.00 bits per heavy atom. The number of carbonyl (C=O) groups excluding carboxylic acids is 1. The predicted molar refractivity (Wildman–Crippen MR) is 87.8 cm³/mol. The molecule has 0 N–H and O–H groups in total. The molecule has 1 aromatic heterocycles. The molecule has 0 saturated carbocycles. The monoisotopic (exact) mass is 316 g/mol. The molecule has 0 bridgehead atoms. The lowest BCUT2D eigenvalue weighted by Crippen LogP contribution is -2.32. The minimum absolute atomic E-state index is 0.195. The number of hydrogen-bond donors (Lipinski definition) is 0. The molecular formula is C17H24N4O2. The first-order valence-electron chi connectivity index (χ1n) is 8.40. The third kappa shape index (κ3) is 4.28. The molecule has 1 aliphatic heterocycles. The molecule has 3 rings (SSSR count). The van der Waals surface area contributed by atoms with Gasteiger partial charge in [0, 0.05) is 20.0 Å². The second-order valence-corrected chi connectivity index (χ2v) is 6.34. The van der Waals surface area contributed by atoms with Crippen molar-refractivity contribution >= 4 is 16.9 Å². The smallest absolute Gasteiger partial charge is 0.222 e. The van der Waals surface area contributed by atoms with Gasteiger partial charge in [0.1, 0.15) is 11.0 Å². The van der Waals surface area contributed by atoms with Crippen LogP contribution in [0, 0.1) is 0 Å². The Labute approximate surface area is 136 Å². The Morgan fingerprint density at radius 3 is 2.83 bits per heavy atom. The van der Waals surface area contributed by atoms with E-state index in [1.54, 1.807) is 4.90 Å². The average molecular weight is 316 g/mol. The van der Waals surface area contributed by atoms with Crippen LogP contribution in [-0.4, -0.2) is 52.7 Å². The Kier molecular flexibility index (Phi) is 5.23. The molecule has 124 valence electrons. The number of carbonyl (C=O) groups is 1. The van der Waals surface area contributed by atoms with Crippen LogP contribution in [0.4, 0.5) is 0 Å². The molecule has 6 heteroatoms. The summed E-state index contributed by atoms with van der Waals surface area (Å²) in [6, 6.07) is 5.75. The van der Waals surface area contributed by atoms with Gasteiger partial charge >= 0.3 is 0 Å². The summed E-state index contributed by atoms with van der Waals surface area (Å²) in [5.74, 6) is 0.195. The van der Waals surface area contributed by atoms with Crippen molar-refractivity contribution in [2.24, 2.45) is 0 Å². The lowest BCUT2D eigenvalue weighted by molar-refractivity contribution is -0.130. The molecule has 2 aromatic rings. The molecule has 1 fully saturated rings. The van der Waals surface area contributed by atoms with E-state index in [0.29, 0.717) is 13.0 Å². The van der Waals surface area contributed by atoms with Gasteiger partial charge in [-0.3, -0.25) is 4.79 Å². The molecule has 0 atom stereocenters. The van der Waals surface area contributed by atoms with Crippen molar-refractivity contribution in [2.75, 3.05) is 26.7 Å². The Balaban J connectivity index is 1.45. The van der Waals surface area contributed by atoms with Gasteiger partial charge in [0.15, 0.2) is 0 Å². The summed E-state index contributed by atoms with van der Waals surface area (Å²) >= 11 is 0. The van der Waals surface area contributed by atoms with Crippen LogP contribution in [0.5, 0.6) is 0 Å². The SMILES string of the molecule is CN(Cc1ccc2nonc2c1)C(=O)CCCN1CCCCC1. The summed E-state index contributed by atoms with van der Waals surface area (Å²) < 4.78 is 4.70. The van der Waals surface area contributed by atoms with Gasteiger partial charge in [0.25, 0.3) is 0 Å². The lowest BCUT2D eigenvalue weighted by Gasteiger charge is -2.26. The summed E-state index contributed by atoms with van der Waals surface area (Å²) in [6.07, 6.45) is 5.50. The highest BCUT2D eigenvalue weighted by Crippen LogP contribution is 2.14. The second kappa shape index (κ2) is 7.55. The highest BCUT2D eigenvalue weighted by atomic mass is 16.6. The molecule has 1 saturated heterocycles. The van der Waals surface area contributed by atoms with Crippen molar-refractivity contribution in [3.8, 4) is 0 Å². The zero-order valence-electron chi connectivity index (χ0n) is 13.7. The fourth-order valence-corrected chi connectivity index (χ4v) is 3.12. The molecule has 0 unspecified atom stereocenters. The molecule has 0 spiro atoms. The molecular weight excluding hydrogens is 292 g/mol. The van der Waals surface area contributed by atoms with E-state index in [9.17, 15) is 4.79 Å². The van der Waals surface area contributed by atoms with Gasteiger partial charge in [-0.25, -0.2) is 4.63 Å². The van der Waals surface area contributed by atoms with Crippen molar-refractivity contribution < 1.29 is 9.42 Å². The third-order valence-electron chi connectivity index (χ3n) is 4.48. The Morgan fingerprint density at radius 1 is 1.22 bits per heavy atom. The van der Waals surface area contributed by atoms with E-state index in [2.05, 4.69) is 15.2 Å². The van der Waals surface area contributed by atoms with Crippen LogP contribution in [0.3, 0.4) is 0 Å². The van der Waals surface area contributed by atoms with Gasteiger partial charge in [-0.05, 0) is 66.9 Å². The van der Waals surface area contributed by atoms with E-state index in [-0.39, 0.29) is 5.91 Å². The number of fused-ring (bicyclic) bond motifs is 1. The predicted octanol–water partition coefficient (Wildman–Crippen LogP) is 2.45. The highest BCUT2D eigenvalue weighted by molar-refractivity contribution is 5.76. The van der Waals surface area contributed by atoms with Gasteiger partial charge < -0.3 is 9.80 Å². The molecule has 1 aliphatic rings. The summed E-state index contributed by atoms with van der Waals surface area (Å²) in [5.41, 5.74) is 2.51. The fraction of sp³-hybridized carbons (Fsp3) is 0.588. The quantitative estimate of drug-likeness (QED) is 0.819. The lowest BCUT2D eigenvalue weighted by atomic mass is 10.1. The second-order valence-electron chi connectivity index (χ2n) is 6.34. The van der Waals surface area contributed by atoms with Crippen molar-refractivity contribution in [1.29, 1.82) is 0 Å². The van der Waals surface area contributed by atoms with Crippen molar-refractivity contribution in [2.45, 2.75) is 38.6 Å². The number of nitrogens with zero attached hydrogens (tertiary/aromatic N) is 4. The minimum Gasteiger partial charge on any atom is -0.341 e. The summed E-state index contributed by atoms with van der Waals surface area (Å²) in [5, 5.41) is 7.63. The maximum absolute atomic E-state index is 12.3. The molecule has 0 aliphatic carbocycles. The van der Waals surface area contributed by atoms with Gasteiger partial charge in [0.2, 0.25) is 5.91 Å². The van der Waals surface area contributed by atoms with Crippen LogP contribution >= 0.6 is 0 Å². The standard InChI is InChI=1S/C17H24N4O2/c1-20(13-14-7-8-15-16(12-14)19-23-18-15)17(22)6-5-11-21-9-3-2-4-10-21/h7-8,12H,2-6,9-11,13H2,1H3. The van der Waals surface area contributed by atoms with E-state index < -0.39 is 0 Å². The van der Waals surface area contributed by atoms with Crippen LogP contribution in [0.2, 0.25) is 0 Å². The van der Waals surface area contributed by atoms with Crippen LogP contribution in [-0.2, 0) is 11.3 Å². The number of amides is 1. The van der Waals surface area contributed by atoms with Gasteiger partial charge in [-0.2, -0.15) is 0 Å². The first-order chi connectivity index (χ1) is 11.2. The maximum atomic E-state index is 12.3. The van der Waals surface area contributed by atoms with Crippen LogP contribution in [0.1, 0.15) is 37.7 Å². The third-order valence-corrected chi connectivity index (χ3v) is 4.48. The topological polar surface area (TPSA) is 62.5 Å². The summed E-state index contributed by atoms with van der Waals surface area (Å²) in [4.78, 5) is 16.5. The van der Waals surface area contributed by atoms with Crippen LogP contribution < -0.4 is 0 Å². The molecule has 1 amide bonds. The average Bonchev–Trinajstić information content (AvgIpc) is 3.03. The summed E-state index contributed by atoms with van der Waals surface area (Å²) in [6.45, 7) is 4.01. The van der Waals surface area contributed by atoms with Gasteiger partial charge in [0.05, 0.1) is 0 Å². The zero-order valence-corrected chi connectivity index (χ0v) is 13.7. The van der Waals surface area contributed by atoms with Crippen LogP contribution in [0.15, 0.2) is 22.8 Å². The fourth-order valence-electron chi connectivity index (χ4n) is 3.12. The van der Waals surface area contributed by atoms with E-state index in [0.717, 1.165) is 29.6 Å². The zero-order chi connectivity index (χ0) is 16.1. The number of rotatable bonds is 6. The largest absolute Gasteiger partial charge is 0.341 e. The first-order valence-corrected chi connectivity index (χ1v) is 8.40. The number of hydrogen-bond acceptors (Lipinski definition) is 5. The minimum atomic E-state index is 0.195. The normalized spacial score (nSPS) is 15.9. The number of benzene rings is 1. The molecule has 23 heavy (non-hydrogen) atoms. The maximum Gasteiger partial charge on any atom is 0.222 e. The molecule has 1 aromatic carbocycles. The van der Waals surface area contributed by atoms with E-state index in [4.69, 9.17) is 4.63 Å². The Hall–Kier alpha value is -1.95. The van der Waals surface area contributed by atoms with E-state index in [1.807, 2.05) is 25.2 Å². The van der Waals surface area contributed by atoms with Crippen molar-refractivity contribution in [1.82, 2.24) is 20.1 Å². The number of aromatic nitrogens is 2. The van der Waals surface area contributed by atoms with Crippen LogP contribution in [0.25, 0.3) is 11.0 Å².